The Bertz CT molecular complexity index is 2790. The molecular formula is C71H89N5O7S2. The number of hydrogen-bond donors (Lipinski definition) is 2. The Kier molecular flexibility index (Phi) is 26.9. The SMILES string of the molecule is CC(=O)C[C@@H](C(=O)N(C)CCN(C)C(=O)OC(C)(C)C)N(C)C(=O)[C@H](CCCCNC(=O)CCCCCSC(c1ccccc1)(c1ccccc1)c1ccccc1)NC(=O)CCCCCSC(c1ccccc1)(c1ccccc1)c1ccccc1. The van der Waals surface area contributed by atoms with Crippen molar-refractivity contribution in [2.24, 2.45) is 0 Å². The van der Waals surface area contributed by atoms with Gasteiger partial charge >= 0.3 is 6.09 Å². The second kappa shape index (κ2) is 34.1. The molecule has 0 aliphatic heterocycles. The van der Waals surface area contributed by atoms with Gasteiger partial charge < -0.3 is 30.1 Å². The lowest BCUT2D eigenvalue weighted by Crippen LogP contribution is -2.55. The van der Waals surface area contributed by atoms with Crippen molar-refractivity contribution in [1.82, 2.24) is 25.3 Å². The van der Waals surface area contributed by atoms with E-state index in [-0.39, 0.29) is 54.7 Å². The maximum atomic E-state index is 14.6. The molecule has 0 heterocycles. The Labute approximate surface area is 514 Å². The van der Waals surface area contributed by atoms with Crippen LogP contribution in [-0.2, 0) is 38.2 Å². The van der Waals surface area contributed by atoms with Crippen LogP contribution in [0.2, 0.25) is 0 Å². The topological polar surface area (TPSA) is 145 Å². The number of Topliss-reactive ketones (excluding diaryl/α,β-unsaturated/α-hetero) is 1. The Balaban J connectivity index is 1.04. The van der Waals surface area contributed by atoms with E-state index in [1.165, 1.54) is 62.1 Å². The zero-order chi connectivity index (χ0) is 61.1. The summed E-state index contributed by atoms with van der Waals surface area (Å²) in [6.07, 6.45) is 5.99. The van der Waals surface area contributed by atoms with Crippen LogP contribution >= 0.6 is 23.5 Å². The van der Waals surface area contributed by atoms with Gasteiger partial charge in [-0.15, -0.1) is 23.5 Å². The molecule has 6 rings (SSSR count). The lowest BCUT2D eigenvalue weighted by molar-refractivity contribution is -0.147. The summed E-state index contributed by atoms with van der Waals surface area (Å²) in [6.45, 7) is 7.38. The van der Waals surface area contributed by atoms with Crippen molar-refractivity contribution in [2.75, 3.05) is 52.3 Å². The summed E-state index contributed by atoms with van der Waals surface area (Å²) in [5.74, 6) is 0.188. The maximum Gasteiger partial charge on any atom is 0.410 e. The number of nitrogens with one attached hydrogen (secondary N) is 2. The van der Waals surface area contributed by atoms with Gasteiger partial charge in [-0.2, -0.15) is 0 Å². The van der Waals surface area contributed by atoms with Gasteiger partial charge in [-0.05, 0) is 118 Å². The van der Waals surface area contributed by atoms with E-state index in [0.717, 1.165) is 43.6 Å². The van der Waals surface area contributed by atoms with Crippen LogP contribution < -0.4 is 10.6 Å². The maximum absolute atomic E-state index is 14.6. The van der Waals surface area contributed by atoms with Gasteiger partial charge in [-0.3, -0.25) is 24.0 Å². The molecule has 0 aromatic heterocycles. The number of benzene rings is 6. The smallest absolute Gasteiger partial charge is 0.410 e. The van der Waals surface area contributed by atoms with Gasteiger partial charge in [0.25, 0.3) is 0 Å². The molecule has 0 fully saturated rings. The first-order chi connectivity index (χ1) is 41.0. The van der Waals surface area contributed by atoms with Crippen molar-refractivity contribution < 1.29 is 33.5 Å². The monoisotopic (exact) mass is 1190 g/mol. The molecule has 12 nitrogen and oxygen atoms in total. The molecule has 0 aliphatic carbocycles. The molecule has 0 saturated carbocycles. The van der Waals surface area contributed by atoms with E-state index in [1.807, 2.05) is 41.7 Å². The average molecular weight is 1190 g/mol. The number of nitrogens with zero attached hydrogens (tertiary/aromatic N) is 3. The molecule has 2 atom stereocenters. The lowest BCUT2D eigenvalue weighted by Gasteiger charge is -2.35. The third-order valence-electron chi connectivity index (χ3n) is 15.1. The van der Waals surface area contributed by atoms with Crippen LogP contribution in [0.3, 0.4) is 0 Å². The molecule has 5 amide bonds. The molecule has 2 N–H and O–H groups in total. The van der Waals surface area contributed by atoms with Gasteiger partial charge in [0.1, 0.15) is 23.5 Å². The molecule has 0 bridgehead atoms. The number of hydrogen-bond acceptors (Lipinski definition) is 9. The summed E-state index contributed by atoms with van der Waals surface area (Å²) in [5, 5.41) is 6.08. The minimum absolute atomic E-state index is 0.0307. The zero-order valence-corrected chi connectivity index (χ0v) is 52.6. The summed E-state index contributed by atoms with van der Waals surface area (Å²) in [7, 11) is 4.65. The average Bonchev–Trinajstić information content (AvgIpc) is 3.40. The second-order valence-corrected chi connectivity index (χ2v) is 25.5. The van der Waals surface area contributed by atoms with E-state index in [2.05, 4.69) is 174 Å². The van der Waals surface area contributed by atoms with E-state index in [9.17, 15) is 28.8 Å². The van der Waals surface area contributed by atoms with Crippen molar-refractivity contribution in [3.63, 3.8) is 0 Å². The van der Waals surface area contributed by atoms with Crippen LogP contribution in [0.15, 0.2) is 182 Å². The first-order valence-electron chi connectivity index (χ1n) is 30.1. The Morgan fingerprint density at radius 3 is 1.22 bits per heavy atom. The van der Waals surface area contributed by atoms with E-state index in [1.54, 1.807) is 34.9 Å². The first-order valence-corrected chi connectivity index (χ1v) is 32.1. The number of carbonyl (C=O) groups excluding carboxylic acids is 6. The van der Waals surface area contributed by atoms with Crippen LogP contribution in [0.1, 0.15) is 138 Å². The molecule has 0 unspecified atom stereocenters. The Morgan fingerprint density at radius 2 is 0.847 bits per heavy atom. The molecule has 0 spiro atoms. The molecule has 0 aliphatic rings. The summed E-state index contributed by atoms with van der Waals surface area (Å²) >= 11 is 3.82. The molecule has 0 radical (unpaired) electrons. The summed E-state index contributed by atoms with van der Waals surface area (Å²) < 4.78 is 4.64. The van der Waals surface area contributed by atoms with Crippen molar-refractivity contribution in [2.45, 2.75) is 132 Å². The van der Waals surface area contributed by atoms with Crippen molar-refractivity contribution >= 4 is 59.0 Å². The number of rotatable bonds is 34. The molecule has 452 valence electrons. The molecular weight excluding hydrogens is 1100 g/mol. The van der Waals surface area contributed by atoms with Crippen LogP contribution in [-0.4, -0.2) is 120 Å². The Morgan fingerprint density at radius 1 is 0.471 bits per heavy atom. The highest BCUT2D eigenvalue weighted by atomic mass is 32.2. The minimum Gasteiger partial charge on any atom is -0.444 e. The summed E-state index contributed by atoms with van der Waals surface area (Å²) in [4.78, 5) is 85.2. The zero-order valence-electron chi connectivity index (χ0n) is 51.0. The third-order valence-corrected chi connectivity index (χ3v) is 18.4. The van der Waals surface area contributed by atoms with Crippen molar-refractivity contribution in [1.29, 1.82) is 0 Å². The van der Waals surface area contributed by atoms with Gasteiger partial charge in [0.15, 0.2) is 0 Å². The van der Waals surface area contributed by atoms with Crippen LogP contribution in [0.4, 0.5) is 4.79 Å². The van der Waals surface area contributed by atoms with E-state index in [4.69, 9.17) is 4.74 Å². The largest absolute Gasteiger partial charge is 0.444 e. The van der Waals surface area contributed by atoms with Gasteiger partial charge in [-0.1, -0.05) is 195 Å². The second-order valence-electron chi connectivity index (χ2n) is 22.9. The fraction of sp³-hybridized carbons (Fsp3) is 0.408. The minimum atomic E-state index is -1.15. The van der Waals surface area contributed by atoms with E-state index >= 15 is 0 Å². The number of ketones is 1. The molecule has 0 saturated heterocycles. The molecule has 14 heteroatoms. The highest BCUT2D eigenvalue weighted by Crippen LogP contribution is 2.50. The molecule has 85 heavy (non-hydrogen) atoms. The highest BCUT2D eigenvalue weighted by Gasteiger charge is 2.39. The number of carbonyl (C=O) groups is 6. The number of unbranched alkanes of at least 4 members (excludes halogenated alkanes) is 5. The highest BCUT2D eigenvalue weighted by molar-refractivity contribution is 8.00. The van der Waals surface area contributed by atoms with Gasteiger partial charge in [0.2, 0.25) is 23.6 Å². The molecule has 6 aromatic rings. The van der Waals surface area contributed by atoms with Crippen LogP contribution in [0.5, 0.6) is 0 Å². The van der Waals surface area contributed by atoms with Gasteiger partial charge in [0, 0.05) is 60.0 Å². The van der Waals surface area contributed by atoms with E-state index < -0.39 is 40.3 Å². The predicted octanol–water partition coefficient (Wildman–Crippen LogP) is 13.5. The molecule has 6 aromatic carbocycles. The summed E-state index contributed by atoms with van der Waals surface area (Å²) in [6, 6.07) is 61.6. The normalized spacial score (nSPS) is 12.3. The van der Waals surface area contributed by atoms with Crippen LogP contribution in [0, 0.1) is 0 Å². The van der Waals surface area contributed by atoms with Crippen molar-refractivity contribution in [3.8, 4) is 0 Å². The third kappa shape index (κ3) is 20.0. The number of thioether (sulfide) groups is 2. The quantitative estimate of drug-likeness (QED) is 0.0298. The number of amides is 5. The van der Waals surface area contributed by atoms with E-state index in [0.29, 0.717) is 32.2 Å². The van der Waals surface area contributed by atoms with Crippen LogP contribution in [0.25, 0.3) is 0 Å². The van der Waals surface area contributed by atoms with Gasteiger partial charge in [0.05, 0.1) is 9.49 Å². The first kappa shape index (κ1) is 67.0. The Hall–Kier alpha value is -7.16. The van der Waals surface area contributed by atoms with Crippen molar-refractivity contribution in [3.05, 3.63) is 215 Å². The fourth-order valence-electron chi connectivity index (χ4n) is 10.6. The lowest BCUT2D eigenvalue weighted by atomic mass is 9.84. The van der Waals surface area contributed by atoms with Gasteiger partial charge in [-0.25, -0.2) is 4.79 Å². The predicted molar refractivity (Wildman–Crippen MR) is 347 cm³/mol. The fourth-order valence-corrected chi connectivity index (χ4v) is 13.7. The number of ether oxygens (including phenoxy) is 1. The number of likely N-dealkylation sites (N-methyl/N-ethyl adjacent to an activating group) is 3. The summed E-state index contributed by atoms with van der Waals surface area (Å²) in [5.41, 5.74) is 6.54. The standard InChI is InChI=1S/C71H89N5O7S2/c1-55(77)54-63(67(81)74(5)50-51-75(6)68(82)83-69(2,3)4)76(7)66(80)62(73-65(79)48-29-15-33-53-85-71(59-40-22-11-23-41-59,60-42-24-12-25-43-60)61-44-26-13-27-45-61)46-30-31-49-72-64(78)47-28-14-32-52-84-70(56-34-16-8-17-35-56,57-36-18-9-19-37-57)58-38-20-10-21-39-58/h8-13,16-27,34-45,62-63H,14-15,28-33,46-54H2,1-7H3,(H,72,78)(H,73,79)/t62-,63-/m0/s1.